The number of aliphatic hydroxyl groups is 1. The van der Waals surface area contributed by atoms with Crippen molar-refractivity contribution < 1.29 is 24.4 Å². The van der Waals surface area contributed by atoms with Gasteiger partial charge in [0, 0.05) is 18.1 Å². The van der Waals surface area contributed by atoms with E-state index in [4.69, 9.17) is 14.2 Å². The van der Waals surface area contributed by atoms with E-state index in [-0.39, 0.29) is 18.0 Å². The van der Waals surface area contributed by atoms with Gasteiger partial charge >= 0.3 is 0 Å². The second-order valence-electron chi connectivity index (χ2n) is 7.38. The molecule has 0 amide bonds. The molecule has 4 rings (SSSR count). The number of hydrogen-bond acceptors (Lipinski definition) is 5. The number of ether oxygens (including phenoxy) is 3. The highest BCUT2D eigenvalue weighted by atomic mass is 16.5. The Bertz CT molecular complexity index is 900. The van der Waals surface area contributed by atoms with Gasteiger partial charge in [-0.3, -0.25) is 0 Å². The molecule has 2 heterocycles. The second kappa shape index (κ2) is 5.68. The van der Waals surface area contributed by atoms with Crippen molar-refractivity contribution in [3.8, 4) is 23.0 Å². The first-order valence-electron chi connectivity index (χ1n) is 8.58. The standard InChI is InChI=1S/C21H22O5/c1-20(2)9-8-15-18(26-20)7-4-13-11-21(23,12-25-19(13)15)16-6-5-14(24-3)10-17(16)22/h4-10,22-23H,11-12H2,1-3H3/t21-/m1/s1. The molecule has 136 valence electrons. The Morgan fingerprint density at radius 2 is 1.96 bits per heavy atom. The molecule has 2 aromatic carbocycles. The summed E-state index contributed by atoms with van der Waals surface area (Å²) >= 11 is 0. The predicted octanol–water partition coefficient (Wildman–Crippen LogP) is 3.41. The van der Waals surface area contributed by atoms with E-state index in [1.165, 1.54) is 13.2 Å². The summed E-state index contributed by atoms with van der Waals surface area (Å²) in [5, 5.41) is 21.5. The van der Waals surface area contributed by atoms with Gasteiger partial charge in [-0.05, 0) is 49.8 Å². The first kappa shape index (κ1) is 16.8. The van der Waals surface area contributed by atoms with Crippen molar-refractivity contribution in [3.63, 3.8) is 0 Å². The molecule has 0 saturated carbocycles. The first-order valence-corrected chi connectivity index (χ1v) is 8.58. The van der Waals surface area contributed by atoms with E-state index in [2.05, 4.69) is 0 Å². The zero-order valence-corrected chi connectivity index (χ0v) is 15.1. The molecule has 0 fully saturated rings. The monoisotopic (exact) mass is 354 g/mol. The summed E-state index contributed by atoms with van der Waals surface area (Å²) < 4.78 is 17.0. The van der Waals surface area contributed by atoms with Crippen LogP contribution in [0.25, 0.3) is 6.08 Å². The lowest BCUT2D eigenvalue weighted by molar-refractivity contribution is -0.0236. The quantitative estimate of drug-likeness (QED) is 0.865. The minimum atomic E-state index is -1.31. The summed E-state index contributed by atoms with van der Waals surface area (Å²) in [5.41, 5.74) is 0.528. The second-order valence-corrected chi connectivity index (χ2v) is 7.38. The molecular formula is C21H22O5. The normalized spacial score (nSPS) is 22.6. The fourth-order valence-corrected chi connectivity index (χ4v) is 3.55. The number of rotatable bonds is 2. The highest BCUT2D eigenvalue weighted by molar-refractivity contribution is 5.69. The Morgan fingerprint density at radius 3 is 2.69 bits per heavy atom. The predicted molar refractivity (Wildman–Crippen MR) is 97.9 cm³/mol. The van der Waals surface area contributed by atoms with E-state index in [0.29, 0.717) is 17.7 Å². The minimum absolute atomic E-state index is 0.0122. The number of fused-ring (bicyclic) bond motifs is 3. The molecule has 0 saturated heterocycles. The van der Waals surface area contributed by atoms with E-state index in [9.17, 15) is 10.2 Å². The zero-order chi connectivity index (χ0) is 18.5. The van der Waals surface area contributed by atoms with Crippen LogP contribution in [0.1, 0.15) is 30.5 Å². The van der Waals surface area contributed by atoms with E-state index < -0.39 is 5.60 Å². The van der Waals surface area contributed by atoms with Crippen LogP contribution >= 0.6 is 0 Å². The maximum atomic E-state index is 11.1. The van der Waals surface area contributed by atoms with Gasteiger partial charge in [0.25, 0.3) is 0 Å². The molecule has 2 aromatic rings. The summed E-state index contributed by atoms with van der Waals surface area (Å²) in [4.78, 5) is 0. The number of phenolic OH excluding ortho intramolecular Hbond substituents is 1. The lowest BCUT2D eigenvalue weighted by atomic mass is 9.84. The summed E-state index contributed by atoms with van der Waals surface area (Å²) in [5.74, 6) is 2.02. The molecule has 5 nitrogen and oxygen atoms in total. The van der Waals surface area contributed by atoms with Gasteiger partial charge in [-0.2, -0.15) is 0 Å². The Kier molecular flexibility index (Phi) is 3.66. The Hall–Kier alpha value is -2.66. The minimum Gasteiger partial charge on any atom is -0.507 e. The summed E-state index contributed by atoms with van der Waals surface area (Å²) in [6.45, 7) is 4.05. The topological polar surface area (TPSA) is 68.2 Å². The van der Waals surface area contributed by atoms with Gasteiger partial charge in [0.05, 0.1) is 12.7 Å². The molecule has 0 aromatic heterocycles. The van der Waals surface area contributed by atoms with Crippen molar-refractivity contribution in [1.82, 2.24) is 0 Å². The average molecular weight is 354 g/mol. The number of hydrogen-bond donors (Lipinski definition) is 2. The van der Waals surface area contributed by atoms with Crippen LogP contribution in [-0.4, -0.2) is 29.5 Å². The molecule has 2 aliphatic heterocycles. The van der Waals surface area contributed by atoms with Crippen LogP contribution in [0.4, 0.5) is 0 Å². The number of phenols is 1. The van der Waals surface area contributed by atoms with Gasteiger partial charge in [-0.25, -0.2) is 0 Å². The Balaban J connectivity index is 1.71. The largest absolute Gasteiger partial charge is 0.507 e. The SMILES string of the molecule is COc1ccc([C@]2(O)COc3c(ccc4c3C=CC(C)(C)O4)C2)c(O)c1. The van der Waals surface area contributed by atoms with Crippen LogP contribution in [0.3, 0.4) is 0 Å². The highest BCUT2D eigenvalue weighted by Gasteiger charge is 2.39. The molecule has 26 heavy (non-hydrogen) atoms. The van der Waals surface area contributed by atoms with E-state index in [1.54, 1.807) is 12.1 Å². The van der Waals surface area contributed by atoms with Crippen LogP contribution in [0.5, 0.6) is 23.0 Å². The van der Waals surface area contributed by atoms with E-state index in [0.717, 1.165) is 22.6 Å². The smallest absolute Gasteiger partial charge is 0.133 e. The highest BCUT2D eigenvalue weighted by Crippen LogP contribution is 2.45. The van der Waals surface area contributed by atoms with Gasteiger partial charge in [-0.1, -0.05) is 6.07 Å². The maximum absolute atomic E-state index is 11.1. The van der Waals surface area contributed by atoms with Crippen molar-refractivity contribution in [2.75, 3.05) is 13.7 Å². The number of methoxy groups -OCH3 is 1. The summed E-state index contributed by atoms with van der Waals surface area (Å²) in [7, 11) is 1.53. The molecular weight excluding hydrogens is 332 g/mol. The number of benzene rings is 2. The fraction of sp³-hybridized carbons (Fsp3) is 0.333. The lowest BCUT2D eigenvalue weighted by Crippen LogP contribution is -2.39. The van der Waals surface area contributed by atoms with Crippen molar-refractivity contribution >= 4 is 6.08 Å². The molecule has 0 radical (unpaired) electrons. The van der Waals surface area contributed by atoms with Crippen molar-refractivity contribution in [3.05, 3.63) is 53.1 Å². The van der Waals surface area contributed by atoms with Gasteiger partial charge in [0.15, 0.2) is 0 Å². The number of aromatic hydroxyl groups is 1. The Morgan fingerprint density at radius 1 is 1.15 bits per heavy atom. The Labute approximate surface area is 152 Å². The molecule has 0 spiro atoms. The van der Waals surface area contributed by atoms with Crippen molar-refractivity contribution in [1.29, 1.82) is 0 Å². The lowest BCUT2D eigenvalue weighted by Gasteiger charge is -2.36. The molecule has 0 unspecified atom stereocenters. The van der Waals surface area contributed by atoms with E-state index >= 15 is 0 Å². The fourth-order valence-electron chi connectivity index (χ4n) is 3.55. The van der Waals surface area contributed by atoms with Crippen molar-refractivity contribution in [2.24, 2.45) is 0 Å². The molecule has 2 aliphatic rings. The van der Waals surface area contributed by atoms with Gasteiger partial charge in [0.2, 0.25) is 0 Å². The average Bonchev–Trinajstić information content (AvgIpc) is 2.60. The van der Waals surface area contributed by atoms with Crippen LogP contribution in [0, 0.1) is 0 Å². The summed E-state index contributed by atoms with van der Waals surface area (Å²) in [6, 6.07) is 8.70. The molecule has 1 atom stereocenters. The third-order valence-electron chi connectivity index (χ3n) is 4.91. The van der Waals surface area contributed by atoms with Crippen molar-refractivity contribution in [2.45, 2.75) is 31.5 Å². The summed E-state index contributed by atoms with van der Waals surface area (Å²) in [6.07, 6.45) is 4.34. The van der Waals surface area contributed by atoms with Gasteiger partial charge < -0.3 is 24.4 Å². The molecule has 0 aliphatic carbocycles. The third-order valence-corrected chi connectivity index (χ3v) is 4.91. The molecule has 0 bridgehead atoms. The maximum Gasteiger partial charge on any atom is 0.133 e. The molecule has 5 heteroatoms. The first-order chi connectivity index (χ1) is 12.3. The van der Waals surface area contributed by atoms with Crippen LogP contribution in [0.15, 0.2) is 36.4 Å². The third kappa shape index (κ3) is 2.69. The molecule has 2 N–H and O–H groups in total. The van der Waals surface area contributed by atoms with Crippen LogP contribution < -0.4 is 14.2 Å². The van der Waals surface area contributed by atoms with Crippen LogP contribution in [0.2, 0.25) is 0 Å². The zero-order valence-electron chi connectivity index (χ0n) is 15.1. The van der Waals surface area contributed by atoms with E-state index in [1.807, 2.05) is 38.1 Å². The van der Waals surface area contributed by atoms with Crippen LogP contribution in [-0.2, 0) is 12.0 Å². The van der Waals surface area contributed by atoms with Gasteiger partial charge in [0.1, 0.15) is 40.8 Å². The van der Waals surface area contributed by atoms with Gasteiger partial charge in [-0.15, -0.1) is 0 Å².